The number of nitrogens with zero attached hydrogens (tertiary/aromatic N) is 1. The fourth-order valence-corrected chi connectivity index (χ4v) is 3.84. The lowest BCUT2D eigenvalue weighted by Crippen LogP contribution is -2.43. The fraction of sp³-hybridized carbons (Fsp3) is 0.429. The van der Waals surface area contributed by atoms with E-state index in [1.807, 2.05) is 0 Å². The van der Waals surface area contributed by atoms with Crippen LogP contribution in [0.15, 0.2) is 21.7 Å². The summed E-state index contributed by atoms with van der Waals surface area (Å²) in [5, 5.41) is 9.16. The van der Waals surface area contributed by atoms with Crippen molar-refractivity contribution in [3.63, 3.8) is 0 Å². The minimum absolute atomic E-state index is 0.0311. The Hall–Kier alpha value is -2.33. The van der Waals surface area contributed by atoms with Crippen molar-refractivity contribution >= 4 is 24.3 Å². The van der Waals surface area contributed by atoms with E-state index in [9.17, 15) is 34.1 Å². The molecule has 0 aliphatic heterocycles. The molecule has 1 aromatic heterocycles. The Labute approximate surface area is 146 Å². The van der Waals surface area contributed by atoms with Crippen LogP contribution in [0.2, 0.25) is 0 Å². The number of rotatable bonds is 6. The van der Waals surface area contributed by atoms with E-state index in [0.29, 0.717) is 0 Å². The number of hydrogen-bond acceptors (Lipinski definition) is 6. The second-order valence-corrected chi connectivity index (χ2v) is 8.59. The fourth-order valence-electron chi connectivity index (χ4n) is 2.86. The summed E-state index contributed by atoms with van der Waals surface area (Å²) in [5.41, 5.74) is 3.65. The van der Waals surface area contributed by atoms with Crippen molar-refractivity contribution in [1.82, 2.24) is 9.97 Å². The van der Waals surface area contributed by atoms with Gasteiger partial charge in [0.25, 0.3) is 5.69 Å². The molecule has 12 heteroatoms. The molecule has 0 radical (unpaired) electrons. The van der Waals surface area contributed by atoms with E-state index in [4.69, 9.17) is 5.73 Å². The summed E-state index contributed by atoms with van der Waals surface area (Å²) in [6.45, 7) is 3.45. The number of aromatic amines is 2. The molecule has 0 saturated carbocycles. The molecule has 11 nitrogen and oxygen atoms in total. The first-order chi connectivity index (χ1) is 11.8. The second-order valence-electron chi connectivity index (χ2n) is 6.62. The first kappa shape index (κ1) is 20.0. The van der Waals surface area contributed by atoms with Crippen LogP contribution in [0.5, 0.6) is 0 Å². The van der Waals surface area contributed by atoms with Crippen LogP contribution in [0.25, 0.3) is 11.0 Å². The van der Waals surface area contributed by atoms with Crippen molar-refractivity contribution in [3.05, 3.63) is 48.5 Å². The van der Waals surface area contributed by atoms with Gasteiger partial charge in [-0.15, -0.1) is 0 Å². The van der Waals surface area contributed by atoms with Gasteiger partial charge in [-0.1, -0.05) is 13.8 Å². The highest BCUT2D eigenvalue weighted by atomic mass is 31.2. The van der Waals surface area contributed by atoms with Crippen LogP contribution >= 0.6 is 7.60 Å². The summed E-state index contributed by atoms with van der Waals surface area (Å²) >= 11 is 0. The summed E-state index contributed by atoms with van der Waals surface area (Å²) in [5.74, 6) is -0.170. The Morgan fingerprint density at radius 2 is 1.85 bits per heavy atom. The highest BCUT2D eigenvalue weighted by Gasteiger charge is 2.44. The van der Waals surface area contributed by atoms with Gasteiger partial charge < -0.3 is 25.5 Å². The third-order valence-electron chi connectivity index (χ3n) is 3.95. The van der Waals surface area contributed by atoms with Crippen molar-refractivity contribution in [3.8, 4) is 0 Å². The molecule has 2 rings (SSSR count). The zero-order valence-corrected chi connectivity index (χ0v) is 14.9. The number of nitro groups is 1. The molecule has 0 fully saturated rings. The number of nitrogens with one attached hydrogen (secondary N) is 2. The lowest BCUT2D eigenvalue weighted by atomic mass is 9.96. The van der Waals surface area contributed by atoms with E-state index in [1.165, 1.54) is 0 Å². The van der Waals surface area contributed by atoms with Gasteiger partial charge >= 0.3 is 18.7 Å². The first-order valence-corrected chi connectivity index (χ1v) is 9.23. The van der Waals surface area contributed by atoms with E-state index in [-0.39, 0.29) is 28.9 Å². The molecule has 0 spiro atoms. The third kappa shape index (κ3) is 3.91. The lowest BCUT2D eigenvalue weighted by Gasteiger charge is -2.32. The molecule has 2 aromatic rings. The molecule has 0 saturated heterocycles. The number of nitro benzene ring substituents is 1. The Morgan fingerprint density at radius 3 is 2.35 bits per heavy atom. The number of nitrogens with two attached hydrogens (primary N) is 1. The Morgan fingerprint density at radius 1 is 1.27 bits per heavy atom. The molecule has 26 heavy (non-hydrogen) atoms. The molecule has 1 atom stereocenters. The molecular formula is C14H19N4O7P. The van der Waals surface area contributed by atoms with Crippen LogP contribution in [0.4, 0.5) is 5.69 Å². The van der Waals surface area contributed by atoms with Crippen LogP contribution in [-0.4, -0.2) is 30.0 Å². The van der Waals surface area contributed by atoms with Gasteiger partial charge in [0, 0.05) is 18.6 Å². The molecule has 1 aromatic carbocycles. The normalized spacial score (nSPS) is 14.5. The lowest BCUT2D eigenvalue weighted by molar-refractivity contribution is -0.384. The van der Waals surface area contributed by atoms with E-state index in [2.05, 4.69) is 9.97 Å². The highest BCUT2D eigenvalue weighted by molar-refractivity contribution is 7.53. The van der Waals surface area contributed by atoms with Crippen molar-refractivity contribution in [2.45, 2.75) is 32.0 Å². The molecule has 0 aliphatic carbocycles. The summed E-state index contributed by atoms with van der Waals surface area (Å²) in [6.07, 6.45) is -0.495. The van der Waals surface area contributed by atoms with Gasteiger partial charge in [-0.25, -0.2) is 0 Å². The standard InChI is InChI=1S/C14H19N4O7P/c1-7(2)5-14(15,26(23,24)25)6-8-3-9(18(21)22)4-10-11(8)17-13(20)12(19)16-10/h3-4,7H,5-6,15H2,1-2H3,(H,16,19)(H,17,20)(H2,23,24,25). The topological polar surface area (TPSA) is 192 Å². The average Bonchev–Trinajstić information content (AvgIpc) is 2.46. The minimum Gasteiger partial charge on any atom is -0.323 e. The van der Waals surface area contributed by atoms with Gasteiger partial charge in [0.05, 0.1) is 16.0 Å². The summed E-state index contributed by atoms with van der Waals surface area (Å²) in [4.78, 5) is 57.5. The van der Waals surface area contributed by atoms with Gasteiger partial charge in [-0.2, -0.15) is 0 Å². The van der Waals surface area contributed by atoms with Gasteiger partial charge in [0.1, 0.15) is 5.28 Å². The van der Waals surface area contributed by atoms with Gasteiger partial charge in [-0.05, 0) is 17.9 Å². The monoisotopic (exact) mass is 386 g/mol. The molecule has 6 N–H and O–H groups in total. The summed E-state index contributed by atoms with van der Waals surface area (Å²) in [7, 11) is -4.80. The van der Waals surface area contributed by atoms with Crippen molar-refractivity contribution in [2.24, 2.45) is 11.7 Å². The van der Waals surface area contributed by atoms with Crippen molar-refractivity contribution in [1.29, 1.82) is 0 Å². The SMILES string of the molecule is CC(C)CC(N)(Cc1cc([N+](=O)[O-])cc2[nH]c(=O)c(=O)[nH]c12)P(=O)(O)O. The average molecular weight is 386 g/mol. The zero-order chi connectivity index (χ0) is 19.9. The van der Waals surface area contributed by atoms with E-state index < -0.39 is 41.0 Å². The Bertz CT molecular complexity index is 1020. The predicted molar refractivity (Wildman–Crippen MR) is 94.0 cm³/mol. The van der Waals surface area contributed by atoms with E-state index >= 15 is 0 Å². The first-order valence-electron chi connectivity index (χ1n) is 7.62. The second kappa shape index (κ2) is 6.76. The number of non-ortho nitro benzene ring substituents is 1. The van der Waals surface area contributed by atoms with Crippen LogP contribution in [0.1, 0.15) is 25.8 Å². The number of aromatic nitrogens is 2. The molecule has 0 amide bonds. The quantitative estimate of drug-likeness (QED) is 0.205. The zero-order valence-electron chi connectivity index (χ0n) is 14.1. The highest BCUT2D eigenvalue weighted by Crippen LogP contribution is 2.52. The van der Waals surface area contributed by atoms with Crippen LogP contribution in [-0.2, 0) is 11.0 Å². The van der Waals surface area contributed by atoms with E-state index in [1.54, 1.807) is 13.8 Å². The molecular weight excluding hydrogens is 367 g/mol. The van der Waals surface area contributed by atoms with Crippen LogP contribution in [0.3, 0.4) is 0 Å². The third-order valence-corrected chi connectivity index (χ3v) is 5.45. The molecule has 1 heterocycles. The van der Waals surface area contributed by atoms with Gasteiger partial charge in [0.15, 0.2) is 0 Å². The number of benzene rings is 1. The predicted octanol–water partition coefficient (Wildman–Crippen LogP) is 0.546. The number of H-pyrrole nitrogens is 2. The maximum Gasteiger partial charge on any atom is 0.345 e. The number of hydrogen-bond donors (Lipinski definition) is 5. The molecule has 1 unspecified atom stereocenters. The summed E-state index contributed by atoms with van der Waals surface area (Å²) in [6, 6.07) is 2.13. The Balaban J connectivity index is 2.75. The Kier molecular flexibility index (Phi) is 5.20. The van der Waals surface area contributed by atoms with E-state index in [0.717, 1.165) is 12.1 Å². The molecule has 0 aliphatic rings. The maximum absolute atomic E-state index is 12.0. The van der Waals surface area contributed by atoms with Crippen molar-refractivity contribution in [2.75, 3.05) is 0 Å². The van der Waals surface area contributed by atoms with Crippen LogP contribution < -0.4 is 16.9 Å². The molecule has 142 valence electrons. The van der Waals surface area contributed by atoms with Gasteiger partial charge in [-0.3, -0.25) is 24.3 Å². The summed E-state index contributed by atoms with van der Waals surface area (Å²) < 4.78 is 12.0. The smallest absolute Gasteiger partial charge is 0.323 e. The number of fused-ring (bicyclic) bond motifs is 1. The van der Waals surface area contributed by atoms with Crippen molar-refractivity contribution < 1.29 is 19.3 Å². The van der Waals surface area contributed by atoms with Crippen LogP contribution in [0, 0.1) is 16.0 Å². The molecule has 0 bridgehead atoms. The minimum atomic E-state index is -4.80. The largest absolute Gasteiger partial charge is 0.345 e. The maximum atomic E-state index is 12.0. The van der Waals surface area contributed by atoms with Gasteiger partial charge in [0.2, 0.25) is 0 Å².